The van der Waals surface area contributed by atoms with Crippen LogP contribution >= 0.6 is 23.8 Å². The Balaban J connectivity index is 1.41. The largest absolute Gasteiger partial charge is 0.376 e. The maximum absolute atomic E-state index is 6.25. The maximum Gasteiger partial charge on any atom is 0.169 e. The Morgan fingerprint density at radius 3 is 2.74 bits per heavy atom. The lowest BCUT2D eigenvalue weighted by molar-refractivity contribution is 0.112. The molecule has 3 rings (SSSR count). The van der Waals surface area contributed by atoms with Crippen LogP contribution in [0.25, 0.3) is 0 Å². The highest BCUT2D eigenvalue weighted by Gasteiger charge is 2.21. The first-order valence-electron chi connectivity index (χ1n) is 8.32. The first kappa shape index (κ1) is 17.0. The molecule has 2 aliphatic rings. The number of thiocarbonyl (C=S) groups is 1. The minimum atomic E-state index is 0.328. The van der Waals surface area contributed by atoms with Gasteiger partial charge in [0, 0.05) is 50.9 Å². The van der Waals surface area contributed by atoms with Crippen molar-refractivity contribution in [3.05, 3.63) is 34.9 Å². The molecule has 0 unspecified atom stereocenters. The summed E-state index contributed by atoms with van der Waals surface area (Å²) in [5.74, 6) is 0. The number of rotatable bonds is 4. The molecule has 1 aromatic rings. The van der Waals surface area contributed by atoms with Crippen molar-refractivity contribution in [2.24, 2.45) is 0 Å². The molecule has 0 spiro atoms. The van der Waals surface area contributed by atoms with E-state index in [-0.39, 0.29) is 0 Å². The van der Waals surface area contributed by atoms with Crippen LogP contribution in [0, 0.1) is 0 Å². The monoisotopic (exact) mass is 353 g/mol. The molecule has 2 fully saturated rings. The van der Waals surface area contributed by atoms with E-state index in [0.29, 0.717) is 6.10 Å². The van der Waals surface area contributed by atoms with Crippen molar-refractivity contribution in [3.63, 3.8) is 0 Å². The van der Waals surface area contributed by atoms with Gasteiger partial charge in [0.1, 0.15) is 0 Å². The fraction of sp³-hybridized carbons (Fsp3) is 0.588. The number of benzene rings is 1. The smallest absolute Gasteiger partial charge is 0.169 e. The Labute approximate surface area is 148 Å². The number of nitrogens with zero attached hydrogens (tertiary/aromatic N) is 2. The van der Waals surface area contributed by atoms with Crippen LogP contribution in [-0.4, -0.2) is 60.3 Å². The third kappa shape index (κ3) is 4.80. The lowest BCUT2D eigenvalue weighted by atomic mass is 10.2. The molecule has 2 aliphatic heterocycles. The molecule has 0 aliphatic carbocycles. The van der Waals surface area contributed by atoms with Gasteiger partial charge in [-0.2, -0.15) is 0 Å². The highest BCUT2D eigenvalue weighted by atomic mass is 35.5. The van der Waals surface area contributed by atoms with Crippen LogP contribution in [0.15, 0.2) is 24.3 Å². The van der Waals surface area contributed by atoms with E-state index >= 15 is 0 Å². The second-order valence-electron chi connectivity index (χ2n) is 6.18. The Morgan fingerprint density at radius 2 is 2.04 bits per heavy atom. The second kappa shape index (κ2) is 8.29. The standard InChI is InChI=1S/C17H24ClN3OS/c18-16-6-2-1-4-14(16)13-20-7-9-21(10-8-20)17(23)19-12-15-5-3-11-22-15/h1-2,4,6,15H,3,5,7-13H2,(H,19,23)/t15-/m0/s1. The second-order valence-corrected chi connectivity index (χ2v) is 6.97. The predicted molar refractivity (Wildman–Crippen MR) is 97.9 cm³/mol. The van der Waals surface area contributed by atoms with Gasteiger partial charge in [-0.3, -0.25) is 4.90 Å². The Kier molecular flexibility index (Phi) is 6.11. The quantitative estimate of drug-likeness (QED) is 0.840. The van der Waals surface area contributed by atoms with Gasteiger partial charge in [-0.15, -0.1) is 0 Å². The third-order valence-corrected chi connectivity index (χ3v) is 5.29. The SMILES string of the molecule is S=C(NC[C@@H]1CCCO1)N1CCN(Cc2ccccc2Cl)CC1. The molecular weight excluding hydrogens is 330 g/mol. The minimum Gasteiger partial charge on any atom is -0.376 e. The fourth-order valence-corrected chi connectivity index (χ4v) is 3.56. The van der Waals surface area contributed by atoms with Gasteiger partial charge in [-0.05, 0) is 36.7 Å². The summed E-state index contributed by atoms with van der Waals surface area (Å²) in [5.41, 5.74) is 1.20. The van der Waals surface area contributed by atoms with E-state index in [1.165, 1.54) is 12.0 Å². The summed E-state index contributed by atoms with van der Waals surface area (Å²) in [7, 11) is 0. The van der Waals surface area contributed by atoms with E-state index in [1.54, 1.807) is 0 Å². The Bertz CT molecular complexity index is 528. The third-order valence-electron chi connectivity index (χ3n) is 4.52. The molecule has 0 amide bonds. The highest BCUT2D eigenvalue weighted by Crippen LogP contribution is 2.18. The van der Waals surface area contributed by atoms with Crippen molar-refractivity contribution >= 4 is 28.9 Å². The summed E-state index contributed by atoms with van der Waals surface area (Å²) in [4.78, 5) is 4.69. The molecule has 1 N–H and O–H groups in total. The zero-order valence-electron chi connectivity index (χ0n) is 13.3. The zero-order chi connectivity index (χ0) is 16.1. The number of hydrogen-bond acceptors (Lipinski definition) is 3. The van der Waals surface area contributed by atoms with Gasteiger partial charge in [0.15, 0.2) is 5.11 Å². The van der Waals surface area contributed by atoms with Crippen LogP contribution in [0.3, 0.4) is 0 Å². The summed E-state index contributed by atoms with van der Waals surface area (Å²) in [6.45, 7) is 6.56. The van der Waals surface area contributed by atoms with Crippen LogP contribution in [0.1, 0.15) is 18.4 Å². The molecule has 2 heterocycles. The van der Waals surface area contributed by atoms with Crippen molar-refractivity contribution in [1.82, 2.24) is 15.1 Å². The van der Waals surface area contributed by atoms with Gasteiger partial charge in [0.25, 0.3) is 0 Å². The topological polar surface area (TPSA) is 27.7 Å². The number of hydrogen-bond donors (Lipinski definition) is 1. The summed E-state index contributed by atoms with van der Waals surface area (Å²) in [5, 5.41) is 5.07. The molecule has 1 atom stereocenters. The molecular formula is C17H24ClN3OS. The average Bonchev–Trinajstić information content (AvgIpc) is 3.09. The van der Waals surface area contributed by atoms with E-state index < -0.39 is 0 Å². The zero-order valence-corrected chi connectivity index (χ0v) is 14.9. The van der Waals surface area contributed by atoms with E-state index in [4.69, 9.17) is 28.6 Å². The summed E-state index contributed by atoms with van der Waals surface area (Å²) in [6.07, 6.45) is 2.63. The van der Waals surface area contributed by atoms with Crippen molar-refractivity contribution in [3.8, 4) is 0 Å². The van der Waals surface area contributed by atoms with Crippen LogP contribution in [0.5, 0.6) is 0 Å². The first-order valence-corrected chi connectivity index (χ1v) is 9.11. The van der Waals surface area contributed by atoms with Gasteiger partial charge < -0.3 is 15.0 Å². The first-order chi connectivity index (χ1) is 11.2. The van der Waals surface area contributed by atoms with Gasteiger partial charge >= 0.3 is 0 Å². The molecule has 23 heavy (non-hydrogen) atoms. The van der Waals surface area contributed by atoms with E-state index in [1.807, 2.05) is 18.2 Å². The summed E-state index contributed by atoms with van der Waals surface area (Å²) < 4.78 is 5.62. The number of piperazine rings is 1. The molecule has 0 bridgehead atoms. The minimum absolute atomic E-state index is 0.328. The van der Waals surface area contributed by atoms with Crippen molar-refractivity contribution in [2.75, 3.05) is 39.3 Å². The summed E-state index contributed by atoms with van der Waals surface area (Å²) in [6, 6.07) is 8.07. The maximum atomic E-state index is 6.25. The molecule has 0 aromatic heterocycles. The normalized spacial score (nSPS) is 22.3. The highest BCUT2D eigenvalue weighted by molar-refractivity contribution is 7.80. The van der Waals surface area contributed by atoms with Crippen LogP contribution in [0.4, 0.5) is 0 Å². The lowest BCUT2D eigenvalue weighted by Gasteiger charge is -2.36. The number of ether oxygens (including phenoxy) is 1. The molecule has 6 heteroatoms. The molecule has 126 valence electrons. The molecule has 0 saturated carbocycles. The Morgan fingerprint density at radius 1 is 1.26 bits per heavy atom. The van der Waals surface area contributed by atoms with Crippen LogP contribution in [-0.2, 0) is 11.3 Å². The predicted octanol–water partition coefficient (Wildman–Crippen LogP) is 2.51. The lowest BCUT2D eigenvalue weighted by Crippen LogP contribution is -2.52. The molecule has 4 nitrogen and oxygen atoms in total. The van der Waals surface area contributed by atoms with E-state index in [9.17, 15) is 0 Å². The van der Waals surface area contributed by atoms with Crippen LogP contribution < -0.4 is 5.32 Å². The summed E-state index contributed by atoms with van der Waals surface area (Å²) >= 11 is 11.8. The van der Waals surface area contributed by atoms with Crippen molar-refractivity contribution in [1.29, 1.82) is 0 Å². The van der Waals surface area contributed by atoms with Gasteiger partial charge in [-0.25, -0.2) is 0 Å². The number of nitrogens with one attached hydrogen (secondary N) is 1. The van der Waals surface area contributed by atoms with Crippen molar-refractivity contribution in [2.45, 2.75) is 25.5 Å². The molecule has 2 saturated heterocycles. The van der Waals surface area contributed by atoms with E-state index in [0.717, 1.165) is 62.4 Å². The molecule has 1 aromatic carbocycles. The average molecular weight is 354 g/mol. The fourth-order valence-electron chi connectivity index (χ4n) is 3.09. The van der Waals surface area contributed by atoms with Crippen molar-refractivity contribution < 1.29 is 4.74 Å². The van der Waals surface area contributed by atoms with Gasteiger partial charge in [-0.1, -0.05) is 29.8 Å². The van der Waals surface area contributed by atoms with Crippen LogP contribution in [0.2, 0.25) is 5.02 Å². The number of halogens is 1. The van der Waals surface area contributed by atoms with E-state index in [2.05, 4.69) is 21.2 Å². The molecule has 0 radical (unpaired) electrons. The van der Waals surface area contributed by atoms with Gasteiger partial charge in [0.05, 0.1) is 6.10 Å². The Hall–Kier alpha value is -0.880. The van der Waals surface area contributed by atoms with Gasteiger partial charge in [0.2, 0.25) is 0 Å².